The molecule has 0 saturated carbocycles. The number of carbonyl (C=O) groups excluding carboxylic acids is 2. The lowest BCUT2D eigenvalue weighted by Crippen LogP contribution is -2.29. The molecule has 0 fully saturated rings. The smallest absolute Gasteiger partial charge is 0.412 e. The maximum absolute atomic E-state index is 12.9. The Kier molecular flexibility index (Phi) is 7.14. The van der Waals surface area contributed by atoms with Crippen molar-refractivity contribution in [3.63, 3.8) is 0 Å². The molecule has 0 aliphatic heterocycles. The van der Waals surface area contributed by atoms with Gasteiger partial charge in [0.25, 0.3) is 5.91 Å². The molecule has 1 heterocycles. The summed E-state index contributed by atoms with van der Waals surface area (Å²) in [7, 11) is 3.26. The normalized spacial score (nSPS) is 12.1. The zero-order valence-electron chi connectivity index (χ0n) is 19.7. The monoisotopic (exact) mass is 476 g/mol. The van der Waals surface area contributed by atoms with E-state index in [9.17, 15) is 14.4 Å². The molecule has 4 rings (SSSR count). The van der Waals surface area contributed by atoms with Crippen LogP contribution in [0.3, 0.4) is 0 Å². The first-order chi connectivity index (χ1) is 16.9. The van der Waals surface area contributed by atoms with Crippen LogP contribution in [-0.2, 0) is 16.6 Å². The molecule has 0 radical (unpaired) electrons. The van der Waals surface area contributed by atoms with E-state index in [1.807, 2.05) is 36.4 Å². The number of carbonyl (C=O) groups is 3. The number of carboxylic acids is 1. The van der Waals surface area contributed by atoms with Crippen LogP contribution in [0.1, 0.15) is 46.7 Å². The van der Waals surface area contributed by atoms with E-state index in [0.717, 1.165) is 22.3 Å². The van der Waals surface area contributed by atoms with Crippen LogP contribution >= 0.6 is 0 Å². The number of fused-ring (bicyclic) bond motifs is 3. The number of benzene rings is 2. The number of anilines is 1. The molecule has 35 heavy (non-hydrogen) atoms. The second-order valence-electron chi connectivity index (χ2n) is 8.56. The van der Waals surface area contributed by atoms with E-state index >= 15 is 0 Å². The highest BCUT2D eigenvalue weighted by Gasteiger charge is 2.29. The first kappa shape index (κ1) is 24.0. The van der Waals surface area contributed by atoms with Crippen molar-refractivity contribution < 1.29 is 24.2 Å². The maximum Gasteiger partial charge on any atom is 0.412 e. The summed E-state index contributed by atoms with van der Waals surface area (Å²) in [6, 6.07) is 16.2. The summed E-state index contributed by atoms with van der Waals surface area (Å²) in [6.45, 7) is 0.551. The third-order valence-electron chi connectivity index (χ3n) is 6.21. The van der Waals surface area contributed by atoms with E-state index in [-0.39, 0.29) is 36.2 Å². The minimum Gasteiger partial charge on any atom is -0.481 e. The zero-order valence-corrected chi connectivity index (χ0v) is 19.7. The summed E-state index contributed by atoms with van der Waals surface area (Å²) in [5.41, 5.74) is 4.75. The van der Waals surface area contributed by atoms with Crippen molar-refractivity contribution >= 4 is 23.8 Å². The van der Waals surface area contributed by atoms with E-state index < -0.39 is 12.1 Å². The van der Waals surface area contributed by atoms with Crippen LogP contribution in [0.5, 0.6) is 0 Å². The molecule has 3 aromatic rings. The lowest BCUT2D eigenvalue weighted by molar-refractivity contribution is -0.137. The molecule has 0 saturated heterocycles. The second kappa shape index (κ2) is 10.4. The largest absolute Gasteiger partial charge is 0.481 e. The number of nitrogens with zero attached hydrogens (tertiary/aromatic N) is 3. The third-order valence-corrected chi connectivity index (χ3v) is 6.21. The van der Waals surface area contributed by atoms with Crippen molar-refractivity contribution in [2.24, 2.45) is 7.05 Å². The fourth-order valence-corrected chi connectivity index (χ4v) is 4.41. The van der Waals surface area contributed by atoms with Gasteiger partial charge < -0.3 is 14.7 Å². The number of hydrogen-bond donors (Lipinski definition) is 2. The molecule has 2 N–H and O–H groups in total. The summed E-state index contributed by atoms with van der Waals surface area (Å²) >= 11 is 0. The van der Waals surface area contributed by atoms with Crippen LogP contribution in [0.2, 0.25) is 0 Å². The lowest BCUT2D eigenvalue weighted by Gasteiger charge is -2.18. The predicted molar refractivity (Wildman–Crippen MR) is 130 cm³/mol. The first-order valence-electron chi connectivity index (χ1n) is 11.5. The minimum atomic E-state index is -0.860. The van der Waals surface area contributed by atoms with Crippen LogP contribution in [0.4, 0.5) is 10.6 Å². The van der Waals surface area contributed by atoms with Crippen molar-refractivity contribution in [3.05, 3.63) is 71.4 Å². The van der Waals surface area contributed by atoms with Gasteiger partial charge in [0, 0.05) is 33.0 Å². The number of rotatable bonds is 9. The molecule has 9 nitrogen and oxygen atoms in total. The quantitative estimate of drug-likeness (QED) is 0.450. The SMILES string of the molecule is CN(CCCCC(=O)O)C(=O)c1cnn(C)c1NC(=O)OCC1c2ccccc2-c2ccccc21. The molecule has 9 heteroatoms. The summed E-state index contributed by atoms with van der Waals surface area (Å²) in [5, 5.41) is 15.5. The molecule has 2 aromatic carbocycles. The molecule has 0 bridgehead atoms. The van der Waals surface area contributed by atoms with Crippen LogP contribution in [0.15, 0.2) is 54.7 Å². The van der Waals surface area contributed by atoms with Crippen LogP contribution < -0.4 is 5.32 Å². The first-order valence-corrected chi connectivity index (χ1v) is 11.5. The third kappa shape index (κ3) is 5.18. The number of ether oxygens (including phenoxy) is 1. The average Bonchev–Trinajstić information content (AvgIpc) is 3.37. The molecular weight excluding hydrogens is 448 g/mol. The summed E-state index contributed by atoms with van der Waals surface area (Å²) < 4.78 is 7.00. The van der Waals surface area contributed by atoms with Gasteiger partial charge in [-0.15, -0.1) is 0 Å². The number of aliphatic carboxylic acids is 1. The Morgan fingerprint density at radius 1 is 1.06 bits per heavy atom. The molecule has 0 atom stereocenters. The number of aromatic nitrogens is 2. The molecule has 0 unspecified atom stereocenters. The van der Waals surface area contributed by atoms with E-state index in [4.69, 9.17) is 9.84 Å². The molecule has 1 aliphatic carbocycles. The van der Waals surface area contributed by atoms with Gasteiger partial charge >= 0.3 is 12.1 Å². The molecular formula is C26H28N4O5. The second-order valence-corrected chi connectivity index (χ2v) is 8.56. The van der Waals surface area contributed by atoms with E-state index in [2.05, 4.69) is 22.5 Å². The van der Waals surface area contributed by atoms with Gasteiger partial charge in [-0.05, 0) is 35.1 Å². The Bertz CT molecular complexity index is 1210. The van der Waals surface area contributed by atoms with E-state index in [1.54, 1.807) is 14.1 Å². The topological polar surface area (TPSA) is 114 Å². The Balaban J connectivity index is 1.39. The number of aryl methyl sites for hydroxylation is 1. The molecule has 0 spiro atoms. The van der Waals surface area contributed by atoms with Gasteiger partial charge in [-0.1, -0.05) is 48.5 Å². The van der Waals surface area contributed by atoms with Gasteiger partial charge in [0.2, 0.25) is 0 Å². The molecule has 182 valence electrons. The summed E-state index contributed by atoms with van der Waals surface area (Å²) in [5.74, 6) is -1.01. The van der Waals surface area contributed by atoms with Crippen LogP contribution in [-0.4, -0.2) is 58.0 Å². The number of unbranched alkanes of at least 4 members (excludes halogenated alkanes) is 1. The summed E-state index contributed by atoms with van der Waals surface area (Å²) in [6.07, 6.45) is 1.82. The van der Waals surface area contributed by atoms with Gasteiger partial charge in [-0.3, -0.25) is 19.6 Å². The van der Waals surface area contributed by atoms with Crippen molar-refractivity contribution in [2.75, 3.05) is 25.5 Å². The highest BCUT2D eigenvalue weighted by molar-refractivity contribution is 6.01. The number of hydrogen-bond acceptors (Lipinski definition) is 5. The number of nitrogens with one attached hydrogen (secondary N) is 1. The average molecular weight is 477 g/mol. The Labute approximate surface area is 203 Å². The molecule has 1 aromatic heterocycles. The molecule has 1 aliphatic rings. The fraction of sp³-hybridized carbons (Fsp3) is 0.308. The predicted octanol–water partition coefficient (Wildman–Crippen LogP) is 4.11. The van der Waals surface area contributed by atoms with Crippen molar-refractivity contribution in [3.8, 4) is 11.1 Å². The van der Waals surface area contributed by atoms with E-state index in [0.29, 0.717) is 19.4 Å². The highest BCUT2D eigenvalue weighted by Crippen LogP contribution is 2.44. The Morgan fingerprint density at radius 3 is 2.31 bits per heavy atom. The van der Waals surface area contributed by atoms with Crippen molar-refractivity contribution in [1.29, 1.82) is 0 Å². The van der Waals surface area contributed by atoms with Gasteiger partial charge in [0.05, 0.1) is 6.20 Å². The van der Waals surface area contributed by atoms with Crippen LogP contribution in [0.25, 0.3) is 11.1 Å². The zero-order chi connectivity index (χ0) is 24.9. The standard InChI is InChI=1S/C26H28N4O5/c1-29(14-8-7-13-23(31)32)25(33)21-15-27-30(2)24(21)28-26(34)35-16-22-19-11-5-3-9-17(19)18-10-4-6-12-20(18)22/h3-6,9-12,15,22H,7-8,13-14,16H2,1-2H3,(H,28,34)(H,31,32). The highest BCUT2D eigenvalue weighted by atomic mass is 16.5. The van der Waals surface area contributed by atoms with Gasteiger partial charge in [-0.25, -0.2) is 4.79 Å². The Hall–Kier alpha value is -4.14. The minimum absolute atomic E-state index is 0.0590. The molecule has 2 amide bonds. The number of carboxylic acid groups (broad SMARTS) is 1. The van der Waals surface area contributed by atoms with Gasteiger partial charge in [-0.2, -0.15) is 5.10 Å². The number of amides is 2. The van der Waals surface area contributed by atoms with Crippen molar-refractivity contribution in [2.45, 2.75) is 25.2 Å². The lowest BCUT2D eigenvalue weighted by atomic mass is 9.98. The maximum atomic E-state index is 12.9. The fourth-order valence-electron chi connectivity index (χ4n) is 4.41. The van der Waals surface area contributed by atoms with Gasteiger partial charge in [0.1, 0.15) is 18.0 Å². The van der Waals surface area contributed by atoms with Gasteiger partial charge in [0.15, 0.2) is 0 Å². The van der Waals surface area contributed by atoms with Crippen LogP contribution in [0, 0.1) is 0 Å². The summed E-state index contributed by atoms with van der Waals surface area (Å²) in [4.78, 5) is 37.8. The van der Waals surface area contributed by atoms with Crippen molar-refractivity contribution in [1.82, 2.24) is 14.7 Å². The van der Waals surface area contributed by atoms with E-state index in [1.165, 1.54) is 15.8 Å². The Morgan fingerprint density at radius 2 is 1.69 bits per heavy atom.